The first-order valence-corrected chi connectivity index (χ1v) is 13.1. The molecule has 1 fully saturated rings. The van der Waals surface area contributed by atoms with Crippen LogP contribution in [0.4, 0.5) is 18.9 Å². The third kappa shape index (κ3) is 6.65. The summed E-state index contributed by atoms with van der Waals surface area (Å²) in [5.41, 5.74) is 2.10. The third-order valence-electron chi connectivity index (χ3n) is 7.15. The van der Waals surface area contributed by atoms with Crippen LogP contribution in [0.25, 0.3) is 10.9 Å². The van der Waals surface area contributed by atoms with Crippen LogP contribution < -0.4 is 10.9 Å². The number of aromatic nitrogens is 2. The molecular weight excluding hydrogens is 531 g/mol. The Morgan fingerprint density at radius 3 is 2.56 bits per heavy atom. The molecule has 4 aromatic rings. The molecule has 3 aromatic carbocycles. The number of benzene rings is 3. The van der Waals surface area contributed by atoms with Crippen molar-refractivity contribution in [3.63, 3.8) is 0 Å². The topological polar surface area (TPSA) is 81.3 Å². The zero-order valence-electron chi connectivity index (χ0n) is 22.6. The minimum absolute atomic E-state index is 0.0660. The molecule has 0 aliphatic carbocycles. The van der Waals surface area contributed by atoms with Crippen molar-refractivity contribution >= 4 is 22.5 Å². The van der Waals surface area contributed by atoms with Crippen LogP contribution in [-0.2, 0) is 12.7 Å². The molecule has 0 atom stereocenters. The minimum atomic E-state index is -4.55. The van der Waals surface area contributed by atoms with E-state index >= 15 is 0 Å². The van der Waals surface area contributed by atoms with Crippen LogP contribution in [0.1, 0.15) is 38.2 Å². The zero-order chi connectivity index (χ0) is 29.1. The third-order valence-corrected chi connectivity index (χ3v) is 7.15. The average molecular weight is 560 g/mol. The number of hydrogen-bond donors (Lipinski definition) is 2. The standard InChI is InChI=1S/C31H28F3N5O2/c1-20-3-6-23(16-22(20)7-4-21-5-10-26-28(15-21)35-19-36-30(26)41)29(40)37-25-9-8-24(27(17-25)31(32,33)34)18-39-13-11-38(2)12-14-39/h3,5-6,8-10,15-17,19H,11-14,18H2,1-2H3,(H,37,40)(H,35,36,41). The molecule has 10 heteroatoms. The molecule has 41 heavy (non-hydrogen) atoms. The number of nitrogens with zero attached hydrogens (tertiary/aromatic N) is 3. The maximum atomic E-state index is 14.0. The number of rotatable bonds is 4. The molecular formula is C31H28F3N5O2. The van der Waals surface area contributed by atoms with Gasteiger partial charge >= 0.3 is 6.18 Å². The van der Waals surface area contributed by atoms with E-state index in [2.05, 4.69) is 32.0 Å². The highest BCUT2D eigenvalue weighted by Crippen LogP contribution is 2.34. The van der Waals surface area contributed by atoms with Gasteiger partial charge in [0.15, 0.2) is 0 Å². The highest BCUT2D eigenvalue weighted by atomic mass is 19.4. The number of hydrogen-bond acceptors (Lipinski definition) is 5. The molecule has 210 valence electrons. The molecule has 0 bridgehead atoms. The summed E-state index contributed by atoms with van der Waals surface area (Å²) in [7, 11) is 1.99. The van der Waals surface area contributed by atoms with Gasteiger partial charge in [0, 0.05) is 55.1 Å². The second kappa shape index (κ2) is 11.6. The monoisotopic (exact) mass is 559 g/mol. The second-order valence-electron chi connectivity index (χ2n) is 10.1. The summed E-state index contributed by atoms with van der Waals surface area (Å²) < 4.78 is 41.9. The van der Waals surface area contributed by atoms with E-state index in [9.17, 15) is 22.8 Å². The summed E-state index contributed by atoms with van der Waals surface area (Å²) in [4.78, 5) is 35.8. The maximum absolute atomic E-state index is 14.0. The Hall–Kier alpha value is -4.46. The molecule has 1 amide bonds. The normalized spacial score (nSPS) is 14.5. The van der Waals surface area contributed by atoms with Crippen LogP contribution in [0, 0.1) is 18.8 Å². The number of carbonyl (C=O) groups excluding carboxylic acids is 1. The fourth-order valence-corrected chi connectivity index (χ4v) is 4.69. The summed E-state index contributed by atoms with van der Waals surface area (Å²) in [6, 6.07) is 14.0. The Labute approximate surface area is 235 Å². The van der Waals surface area contributed by atoms with Gasteiger partial charge in [-0.3, -0.25) is 14.5 Å². The van der Waals surface area contributed by atoms with E-state index in [1.54, 1.807) is 36.4 Å². The molecule has 1 aromatic heterocycles. The number of H-pyrrole nitrogens is 1. The Kier molecular flexibility index (Phi) is 7.92. The number of aryl methyl sites for hydroxylation is 1. The van der Waals surface area contributed by atoms with Gasteiger partial charge in [0.05, 0.1) is 22.8 Å². The smallest absolute Gasteiger partial charge is 0.322 e. The number of anilines is 1. The highest BCUT2D eigenvalue weighted by molar-refractivity contribution is 6.04. The van der Waals surface area contributed by atoms with Gasteiger partial charge in [0.25, 0.3) is 11.5 Å². The Bertz CT molecular complexity index is 1730. The van der Waals surface area contributed by atoms with Crippen molar-refractivity contribution < 1.29 is 18.0 Å². The predicted molar refractivity (Wildman–Crippen MR) is 152 cm³/mol. The molecule has 7 nitrogen and oxygen atoms in total. The highest BCUT2D eigenvalue weighted by Gasteiger charge is 2.34. The first-order valence-electron chi connectivity index (χ1n) is 13.1. The van der Waals surface area contributed by atoms with E-state index in [1.165, 1.54) is 18.5 Å². The summed E-state index contributed by atoms with van der Waals surface area (Å²) in [6.45, 7) is 5.05. The molecule has 0 unspecified atom stereocenters. The van der Waals surface area contributed by atoms with Crippen molar-refractivity contribution in [3.8, 4) is 11.8 Å². The molecule has 2 heterocycles. The van der Waals surface area contributed by atoms with Crippen LogP contribution >= 0.6 is 0 Å². The zero-order valence-corrected chi connectivity index (χ0v) is 22.6. The fourth-order valence-electron chi connectivity index (χ4n) is 4.69. The number of nitrogens with one attached hydrogen (secondary N) is 2. The number of likely N-dealkylation sites (N-methyl/N-ethyl adjacent to an activating group) is 1. The van der Waals surface area contributed by atoms with E-state index in [4.69, 9.17) is 0 Å². The lowest BCUT2D eigenvalue weighted by Gasteiger charge is -2.33. The number of carbonyl (C=O) groups is 1. The first-order chi connectivity index (χ1) is 19.6. The van der Waals surface area contributed by atoms with Crippen LogP contribution in [0.5, 0.6) is 0 Å². The van der Waals surface area contributed by atoms with Crippen LogP contribution in [0.3, 0.4) is 0 Å². The van der Waals surface area contributed by atoms with E-state index in [0.29, 0.717) is 35.1 Å². The van der Waals surface area contributed by atoms with Crippen molar-refractivity contribution in [1.29, 1.82) is 0 Å². The summed E-state index contributed by atoms with van der Waals surface area (Å²) >= 11 is 0. The molecule has 0 saturated carbocycles. The number of amides is 1. The second-order valence-corrected chi connectivity index (χ2v) is 10.1. The van der Waals surface area contributed by atoms with Gasteiger partial charge in [-0.15, -0.1) is 0 Å². The number of piperazine rings is 1. The number of halogens is 3. The van der Waals surface area contributed by atoms with Gasteiger partial charge in [0.1, 0.15) is 0 Å². The van der Waals surface area contributed by atoms with Crippen LogP contribution in [-0.4, -0.2) is 58.9 Å². The van der Waals surface area contributed by atoms with E-state index < -0.39 is 17.6 Å². The molecule has 0 radical (unpaired) electrons. The molecule has 1 aliphatic rings. The van der Waals surface area contributed by atoms with Crippen molar-refractivity contribution in [1.82, 2.24) is 19.8 Å². The molecule has 1 aliphatic heterocycles. The Morgan fingerprint density at radius 2 is 1.80 bits per heavy atom. The van der Waals surface area contributed by atoms with Gasteiger partial charge < -0.3 is 15.2 Å². The van der Waals surface area contributed by atoms with Crippen LogP contribution in [0.15, 0.2) is 65.7 Å². The SMILES string of the molecule is Cc1ccc(C(=O)Nc2ccc(CN3CCN(C)CC3)c(C(F)(F)F)c2)cc1C#Cc1ccc2c(=O)[nH]cnc2c1. The predicted octanol–water partition coefficient (Wildman–Crippen LogP) is 4.65. The van der Waals surface area contributed by atoms with Crippen molar-refractivity contribution in [3.05, 3.63) is 105 Å². The van der Waals surface area contributed by atoms with Crippen molar-refractivity contribution in [2.24, 2.45) is 0 Å². The van der Waals surface area contributed by atoms with Crippen molar-refractivity contribution in [2.45, 2.75) is 19.6 Å². The Balaban J connectivity index is 1.35. The molecule has 1 saturated heterocycles. The summed E-state index contributed by atoms with van der Waals surface area (Å²) in [5.74, 6) is 5.54. The minimum Gasteiger partial charge on any atom is -0.322 e. The average Bonchev–Trinajstić information content (AvgIpc) is 2.94. The van der Waals surface area contributed by atoms with Crippen LogP contribution in [0.2, 0.25) is 0 Å². The van der Waals surface area contributed by atoms with Gasteiger partial charge in [0.2, 0.25) is 0 Å². The Morgan fingerprint density at radius 1 is 1.02 bits per heavy atom. The fraction of sp³-hybridized carbons (Fsp3) is 0.258. The van der Waals surface area contributed by atoms with Crippen molar-refractivity contribution in [2.75, 3.05) is 38.5 Å². The van der Waals surface area contributed by atoms with Gasteiger partial charge in [-0.05, 0) is 67.6 Å². The summed E-state index contributed by atoms with van der Waals surface area (Å²) in [6.07, 6.45) is -3.23. The molecule has 2 N–H and O–H groups in total. The van der Waals surface area contributed by atoms with E-state index in [1.807, 2.05) is 18.9 Å². The lowest BCUT2D eigenvalue weighted by molar-refractivity contribution is -0.138. The number of aromatic amines is 1. The van der Waals surface area contributed by atoms with E-state index in [0.717, 1.165) is 24.7 Å². The summed E-state index contributed by atoms with van der Waals surface area (Å²) in [5, 5.41) is 3.06. The molecule has 0 spiro atoms. The first kappa shape index (κ1) is 28.1. The van der Waals surface area contributed by atoms with Gasteiger partial charge in [-0.25, -0.2) is 4.98 Å². The number of fused-ring (bicyclic) bond motifs is 1. The molecule has 5 rings (SSSR count). The lowest BCUT2D eigenvalue weighted by atomic mass is 10.0. The van der Waals surface area contributed by atoms with Gasteiger partial charge in [-0.1, -0.05) is 24.0 Å². The quantitative estimate of drug-likeness (QED) is 0.356. The van der Waals surface area contributed by atoms with Gasteiger partial charge in [-0.2, -0.15) is 13.2 Å². The van der Waals surface area contributed by atoms with E-state index in [-0.39, 0.29) is 28.9 Å². The number of alkyl halides is 3. The largest absolute Gasteiger partial charge is 0.416 e. The lowest BCUT2D eigenvalue weighted by Crippen LogP contribution is -2.44. The maximum Gasteiger partial charge on any atom is 0.416 e.